The molecule has 0 radical (unpaired) electrons. The molecule has 1 aromatic heterocycles. The van der Waals surface area contributed by atoms with Gasteiger partial charge in [-0.3, -0.25) is 14.9 Å². The molecule has 0 fully saturated rings. The molecule has 0 aliphatic heterocycles. The minimum Gasteiger partial charge on any atom is -0.340 e. The molecule has 0 aliphatic carbocycles. The van der Waals surface area contributed by atoms with Crippen molar-refractivity contribution in [1.29, 1.82) is 0 Å². The smallest absolute Gasteiger partial charge is 0.252 e. The van der Waals surface area contributed by atoms with E-state index in [2.05, 4.69) is 20.6 Å². The van der Waals surface area contributed by atoms with Gasteiger partial charge in [0.1, 0.15) is 6.04 Å². The van der Waals surface area contributed by atoms with Gasteiger partial charge in [0.15, 0.2) is 0 Å². The molecule has 3 N–H and O–H groups in total. The summed E-state index contributed by atoms with van der Waals surface area (Å²) < 4.78 is 0. The number of fused-ring (bicyclic) bond motifs is 1. The van der Waals surface area contributed by atoms with Gasteiger partial charge in [0.05, 0.1) is 11.0 Å². The van der Waals surface area contributed by atoms with E-state index in [9.17, 15) is 9.59 Å². The van der Waals surface area contributed by atoms with E-state index in [4.69, 9.17) is 0 Å². The van der Waals surface area contributed by atoms with Crippen LogP contribution in [0.5, 0.6) is 0 Å². The Kier molecular flexibility index (Phi) is 5.78. The lowest BCUT2D eigenvalue weighted by Gasteiger charge is -2.23. The van der Waals surface area contributed by atoms with Crippen LogP contribution in [0.4, 0.5) is 5.95 Å². The molecule has 0 bridgehead atoms. The molecule has 2 aromatic carbocycles. The van der Waals surface area contributed by atoms with Crippen molar-refractivity contribution in [1.82, 2.24) is 15.3 Å². The number of H-pyrrole nitrogens is 1. The second-order valence-electron chi connectivity index (χ2n) is 7.25. The van der Waals surface area contributed by atoms with Gasteiger partial charge < -0.3 is 10.3 Å². The van der Waals surface area contributed by atoms with Crippen molar-refractivity contribution in [2.45, 2.75) is 40.2 Å². The Morgan fingerprint density at radius 1 is 1.14 bits per heavy atom. The minimum atomic E-state index is -0.661. The van der Waals surface area contributed by atoms with Crippen LogP contribution in [0.15, 0.2) is 42.5 Å². The summed E-state index contributed by atoms with van der Waals surface area (Å²) in [5, 5.41) is 5.71. The maximum absolute atomic E-state index is 12.9. The Morgan fingerprint density at radius 3 is 2.57 bits per heavy atom. The van der Waals surface area contributed by atoms with Crippen molar-refractivity contribution in [3.8, 4) is 0 Å². The largest absolute Gasteiger partial charge is 0.340 e. The van der Waals surface area contributed by atoms with Crippen molar-refractivity contribution in [3.63, 3.8) is 0 Å². The van der Waals surface area contributed by atoms with Crippen molar-refractivity contribution in [3.05, 3.63) is 59.2 Å². The number of carbonyl (C=O) groups is 2. The SMILES string of the molecule is CC[C@@H](C)[C@H](NC(=O)c1ccc(C)cc1C)C(=O)Nc1nc2ccccc2[nH]1. The zero-order valence-electron chi connectivity index (χ0n) is 16.7. The number of amides is 2. The van der Waals surface area contributed by atoms with Gasteiger partial charge in [-0.05, 0) is 43.5 Å². The quantitative estimate of drug-likeness (QED) is 0.607. The lowest BCUT2D eigenvalue weighted by molar-refractivity contribution is -0.119. The number of para-hydroxylation sites is 2. The molecule has 0 saturated carbocycles. The maximum Gasteiger partial charge on any atom is 0.252 e. The van der Waals surface area contributed by atoms with Crippen LogP contribution in [0.25, 0.3) is 11.0 Å². The summed E-state index contributed by atoms with van der Waals surface area (Å²) in [4.78, 5) is 33.2. The molecule has 2 amide bonds. The van der Waals surface area contributed by atoms with Crippen molar-refractivity contribution < 1.29 is 9.59 Å². The molecular weight excluding hydrogens is 352 g/mol. The number of hydrogen-bond donors (Lipinski definition) is 3. The second-order valence-corrected chi connectivity index (χ2v) is 7.25. The van der Waals surface area contributed by atoms with Gasteiger partial charge in [-0.25, -0.2) is 4.98 Å². The molecule has 1 heterocycles. The lowest BCUT2D eigenvalue weighted by Crippen LogP contribution is -2.48. The Morgan fingerprint density at radius 2 is 1.89 bits per heavy atom. The molecule has 2 atom stereocenters. The zero-order chi connectivity index (χ0) is 20.3. The maximum atomic E-state index is 12.9. The summed E-state index contributed by atoms with van der Waals surface area (Å²) in [5.74, 6) is -0.187. The molecule has 6 nitrogen and oxygen atoms in total. The first-order valence-electron chi connectivity index (χ1n) is 9.52. The van der Waals surface area contributed by atoms with Gasteiger partial charge in [0, 0.05) is 5.56 Å². The third-order valence-electron chi connectivity index (χ3n) is 5.04. The van der Waals surface area contributed by atoms with E-state index >= 15 is 0 Å². The van der Waals surface area contributed by atoms with Crippen LogP contribution in [-0.2, 0) is 4.79 Å². The molecule has 0 aliphatic rings. The number of benzene rings is 2. The van der Waals surface area contributed by atoms with E-state index < -0.39 is 6.04 Å². The number of nitrogens with one attached hydrogen (secondary N) is 3. The fourth-order valence-electron chi connectivity index (χ4n) is 3.20. The summed E-state index contributed by atoms with van der Waals surface area (Å²) in [6, 6.07) is 12.5. The number of aryl methyl sites for hydroxylation is 2. The zero-order valence-corrected chi connectivity index (χ0v) is 16.7. The molecule has 146 valence electrons. The van der Waals surface area contributed by atoms with Crippen LogP contribution >= 0.6 is 0 Å². The Bertz CT molecular complexity index is 976. The van der Waals surface area contributed by atoms with Gasteiger partial charge in [-0.15, -0.1) is 0 Å². The van der Waals surface area contributed by atoms with Crippen LogP contribution in [-0.4, -0.2) is 27.8 Å². The summed E-state index contributed by atoms with van der Waals surface area (Å²) in [6.07, 6.45) is 0.755. The average molecular weight is 378 g/mol. The molecule has 3 aromatic rings. The Hall–Kier alpha value is -3.15. The highest BCUT2D eigenvalue weighted by Crippen LogP contribution is 2.16. The number of rotatable bonds is 6. The Balaban J connectivity index is 1.78. The van der Waals surface area contributed by atoms with E-state index in [0.717, 1.165) is 28.6 Å². The molecule has 0 spiro atoms. The van der Waals surface area contributed by atoms with Crippen LogP contribution in [0.2, 0.25) is 0 Å². The number of aromatic nitrogens is 2. The fraction of sp³-hybridized carbons (Fsp3) is 0.318. The molecule has 0 unspecified atom stereocenters. The van der Waals surface area contributed by atoms with Crippen molar-refractivity contribution >= 4 is 28.8 Å². The molecule has 3 rings (SSSR count). The molecule has 28 heavy (non-hydrogen) atoms. The lowest BCUT2D eigenvalue weighted by atomic mass is 9.97. The highest BCUT2D eigenvalue weighted by Gasteiger charge is 2.27. The number of hydrogen-bond acceptors (Lipinski definition) is 3. The van der Waals surface area contributed by atoms with E-state index in [1.54, 1.807) is 6.07 Å². The first-order valence-corrected chi connectivity index (χ1v) is 9.52. The predicted molar refractivity (Wildman–Crippen MR) is 111 cm³/mol. The number of carbonyl (C=O) groups excluding carboxylic acids is 2. The normalized spacial score (nSPS) is 13.1. The number of imidazole rings is 1. The monoisotopic (exact) mass is 378 g/mol. The van der Waals surface area contributed by atoms with Crippen LogP contribution < -0.4 is 10.6 Å². The third-order valence-corrected chi connectivity index (χ3v) is 5.04. The summed E-state index contributed by atoms with van der Waals surface area (Å²) in [6.45, 7) is 7.83. The molecular formula is C22H26N4O2. The van der Waals surface area contributed by atoms with E-state index in [0.29, 0.717) is 11.5 Å². The predicted octanol–water partition coefficient (Wildman–Crippen LogP) is 3.96. The van der Waals surface area contributed by atoms with Gasteiger partial charge >= 0.3 is 0 Å². The minimum absolute atomic E-state index is 0.0286. The highest BCUT2D eigenvalue weighted by molar-refractivity contribution is 6.01. The van der Waals surface area contributed by atoms with Crippen molar-refractivity contribution in [2.24, 2.45) is 5.92 Å². The Labute approximate surface area is 164 Å². The number of aromatic amines is 1. The first kappa shape index (κ1) is 19.6. The third kappa shape index (κ3) is 4.22. The van der Waals surface area contributed by atoms with Crippen LogP contribution in [0, 0.1) is 19.8 Å². The van der Waals surface area contributed by atoms with E-state index in [1.165, 1.54) is 0 Å². The number of nitrogens with zero attached hydrogens (tertiary/aromatic N) is 1. The topological polar surface area (TPSA) is 86.9 Å². The first-order chi connectivity index (χ1) is 13.4. The van der Waals surface area contributed by atoms with E-state index in [-0.39, 0.29) is 17.7 Å². The van der Waals surface area contributed by atoms with Gasteiger partial charge in [-0.2, -0.15) is 0 Å². The fourth-order valence-corrected chi connectivity index (χ4v) is 3.20. The number of anilines is 1. The highest BCUT2D eigenvalue weighted by atomic mass is 16.2. The summed E-state index contributed by atoms with van der Waals surface area (Å²) >= 11 is 0. The molecule has 0 saturated heterocycles. The summed E-state index contributed by atoms with van der Waals surface area (Å²) in [7, 11) is 0. The van der Waals surface area contributed by atoms with Gasteiger partial charge in [0.25, 0.3) is 5.91 Å². The average Bonchev–Trinajstić information content (AvgIpc) is 3.07. The van der Waals surface area contributed by atoms with Crippen LogP contribution in [0.1, 0.15) is 41.8 Å². The van der Waals surface area contributed by atoms with Gasteiger partial charge in [0.2, 0.25) is 11.9 Å². The van der Waals surface area contributed by atoms with Crippen molar-refractivity contribution in [2.75, 3.05) is 5.32 Å². The standard InChI is InChI=1S/C22H26N4O2/c1-5-14(3)19(25-20(27)16-11-10-13(2)12-15(16)4)21(28)26-22-23-17-8-6-7-9-18(17)24-22/h6-12,14,19H,5H2,1-4H3,(H,25,27)(H2,23,24,26,28)/t14-,19+/m1/s1. The second kappa shape index (κ2) is 8.25. The van der Waals surface area contributed by atoms with Crippen LogP contribution in [0.3, 0.4) is 0 Å². The summed E-state index contributed by atoms with van der Waals surface area (Å²) in [5.41, 5.74) is 4.18. The molecule has 6 heteroatoms. The van der Waals surface area contributed by atoms with Gasteiger partial charge in [-0.1, -0.05) is 50.1 Å². The van der Waals surface area contributed by atoms with E-state index in [1.807, 2.05) is 64.1 Å².